The van der Waals surface area contributed by atoms with Gasteiger partial charge in [0.1, 0.15) is 5.75 Å². The molecule has 0 bridgehead atoms. The third kappa shape index (κ3) is 7.02. The van der Waals surface area contributed by atoms with E-state index < -0.39 is 5.97 Å². The molecule has 5 nitrogen and oxygen atoms in total. The van der Waals surface area contributed by atoms with Crippen LogP contribution in [0.5, 0.6) is 5.75 Å². The number of amides is 1. The van der Waals surface area contributed by atoms with E-state index in [2.05, 4.69) is 5.32 Å². The zero-order valence-electron chi connectivity index (χ0n) is 14.1. The first-order valence-corrected chi connectivity index (χ1v) is 8.83. The maximum atomic E-state index is 11.9. The molecule has 0 atom stereocenters. The summed E-state index contributed by atoms with van der Waals surface area (Å²) in [6.07, 6.45) is 7.43. The van der Waals surface area contributed by atoms with Gasteiger partial charge in [0.2, 0.25) is 5.91 Å². The predicted octanol–water partition coefficient (Wildman–Crippen LogP) is 3.52. The second-order valence-corrected chi connectivity index (χ2v) is 6.46. The van der Waals surface area contributed by atoms with Crippen molar-refractivity contribution in [3.63, 3.8) is 0 Å². The van der Waals surface area contributed by atoms with Crippen LogP contribution in [0, 0.1) is 5.92 Å². The van der Waals surface area contributed by atoms with Crippen LogP contribution in [-0.4, -0.2) is 23.6 Å². The second kappa shape index (κ2) is 9.96. The van der Waals surface area contributed by atoms with Crippen LogP contribution in [-0.2, 0) is 16.1 Å². The van der Waals surface area contributed by atoms with Gasteiger partial charge in [-0.3, -0.25) is 9.59 Å². The first-order chi connectivity index (χ1) is 11.6. The lowest BCUT2D eigenvalue weighted by Gasteiger charge is -2.10. The first-order valence-electron chi connectivity index (χ1n) is 8.83. The van der Waals surface area contributed by atoms with E-state index in [1.165, 1.54) is 25.7 Å². The Morgan fingerprint density at radius 1 is 1.12 bits per heavy atom. The Hall–Kier alpha value is -2.04. The fraction of sp³-hybridized carbons (Fsp3) is 0.579. The van der Waals surface area contributed by atoms with Crippen LogP contribution in [0.25, 0.3) is 0 Å². The van der Waals surface area contributed by atoms with Crippen LogP contribution in [0.1, 0.15) is 56.9 Å². The van der Waals surface area contributed by atoms with Gasteiger partial charge in [-0.1, -0.05) is 37.8 Å². The van der Waals surface area contributed by atoms with Crippen molar-refractivity contribution < 1.29 is 19.4 Å². The van der Waals surface area contributed by atoms with Crippen LogP contribution >= 0.6 is 0 Å². The van der Waals surface area contributed by atoms with Crippen LogP contribution < -0.4 is 10.1 Å². The molecule has 0 radical (unpaired) electrons. The summed E-state index contributed by atoms with van der Waals surface area (Å²) in [4.78, 5) is 22.3. The molecule has 0 heterocycles. The number of hydrogen-bond acceptors (Lipinski definition) is 3. The van der Waals surface area contributed by atoms with E-state index in [4.69, 9.17) is 9.84 Å². The molecule has 0 aromatic heterocycles. The summed E-state index contributed by atoms with van der Waals surface area (Å²) in [6.45, 7) is 0.923. The lowest BCUT2D eigenvalue weighted by molar-refractivity contribution is -0.137. The molecule has 1 aromatic carbocycles. The fourth-order valence-electron chi connectivity index (χ4n) is 3.04. The molecule has 0 unspecified atom stereocenters. The van der Waals surface area contributed by atoms with E-state index in [0.29, 0.717) is 26.0 Å². The number of carbonyl (C=O) groups excluding carboxylic acids is 1. The van der Waals surface area contributed by atoms with Crippen molar-refractivity contribution in [2.24, 2.45) is 5.92 Å². The zero-order valence-corrected chi connectivity index (χ0v) is 14.1. The van der Waals surface area contributed by atoms with E-state index in [1.807, 2.05) is 24.3 Å². The van der Waals surface area contributed by atoms with Gasteiger partial charge in [0, 0.05) is 19.4 Å². The van der Waals surface area contributed by atoms with E-state index in [9.17, 15) is 9.59 Å². The van der Waals surface area contributed by atoms with Crippen LogP contribution in [0.15, 0.2) is 24.3 Å². The number of ether oxygens (including phenoxy) is 1. The number of carbonyl (C=O) groups is 2. The van der Waals surface area contributed by atoms with Gasteiger partial charge in [0.05, 0.1) is 6.61 Å². The minimum atomic E-state index is -0.808. The number of nitrogens with one attached hydrogen (secondary N) is 1. The summed E-state index contributed by atoms with van der Waals surface area (Å²) in [5.74, 6) is 0.776. The molecule has 1 amide bonds. The number of rotatable bonds is 10. The van der Waals surface area contributed by atoms with Gasteiger partial charge in [0.15, 0.2) is 0 Å². The molecule has 0 spiro atoms. The van der Waals surface area contributed by atoms with Gasteiger partial charge < -0.3 is 15.2 Å². The molecular weight excluding hydrogens is 306 g/mol. The van der Waals surface area contributed by atoms with Crippen molar-refractivity contribution >= 4 is 11.9 Å². The summed E-state index contributed by atoms with van der Waals surface area (Å²) in [6, 6.07) is 7.54. The Balaban J connectivity index is 1.61. The molecule has 1 fully saturated rings. The van der Waals surface area contributed by atoms with Gasteiger partial charge in [-0.25, -0.2) is 0 Å². The molecule has 1 aliphatic carbocycles. The minimum Gasteiger partial charge on any atom is -0.494 e. The van der Waals surface area contributed by atoms with Gasteiger partial charge in [-0.2, -0.15) is 0 Å². The van der Waals surface area contributed by atoms with Crippen molar-refractivity contribution in [2.45, 2.75) is 57.9 Å². The third-order valence-electron chi connectivity index (χ3n) is 4.47. The summed E-state index contributed by atoms with van der Waals surface area (Å²) in [7, 11) is 0. The Labute approximate surface area is 143 Å². The van der Waals surface area contributed by atoms with E-state index in [-0.39, 0.29) is 12.3 Å². The van der Waals surface area contributed by atoms with Gasteiger partial charge >= 0.3 is 5.97 Å². The monoisotopic (exact) mass is 333 g/mol. The van der Waals surface area contributed by atoms with Crippen molar-refractivity contribution in [3.8, 4) is 5.75 Å². The molecule has 1 aromatic rings. The highest BCUT2D eigenvalue weighted by molar-refractivity contribution is 5.75. The minimum absolute atomic E-state index is 0.116. The smallest absolute Gasteiger partial charge is 0.303 e. The van der Waals surface area contributed by atoms with E-state index in [1.54, 1.807) is 0 Å². The molecule has 1 saturated carbocycles. The number of carboxylic acid groups (broad SMARTS) is 1. The molecule has 2 N–H and O–H groups in total. The number of carboxylic acids is 1. The predicted molar refractivity (Wildman–Crippen MR) is 91.8 cm³/mol. The van der Waals surface area contributed by atoms with Crippen LogP contribution in [0.3, 0.4) is 0 Å². The summed E-state index contributed by atoms with van der Waals surface area (Å²) in [5, 5.41) is 11.5. The Morgan fingerprint density at radius 2 is 1.83 bits per heavy atom. The lowest BCUT2D eigenvalue weighted by atomic mass is 10.0. The quantitative estimate of drug-likeness (QED) is 0.642. The molecular formula is C19H27NO4. The Morgan fingerprint density at radius 3 is 2.50 bits per heavy atom. The number of benzene rings is 1. The fourth-order valence-corrected chi connectivity index (χ4v) is 3.04. The van der Waals surface area contributed by atoms with E-state index in [0.717, 1.165) is 23.7 Å². The van der Waals surface area contributed by atoms with Crippen LogP contribution in [0.2, 0.25) is 0 Å². The topological polar surface area (TPSA) is 75.6 Å². The molecule has 1 aliphatic rings. The summed E-state index contributed by atoms with van der Waals surface area (Å²) >= 11 is 0. The third-order valence-corrected chi connectivity index (χ3v) is 4.47. The molecule has 0 saturated heterocycles. The van der Waals surface area contributed by atoms with Crippen molar-refractivity contribution in [3.05, 3.63) is 29.8 Å². The second-order valence-electron chi connectivity index (χ2n) is 6.46. The highest BCUT2D eigenvalue weighted by Gasteiger charge is 2.15. The maximum absolute atomic E-state index is 11.9. The average molecular weight is 333 g/mol. The molecule has 24 heavy (non-hydrogen) atoms. The standard InChI is InChI=1S/C19H27NO4/c21-18(12-9-15-4-1-2-5-15)20-14-16-7-10-17(11-8-16)24-13-3-6-19(22)23/h7-8,10-11,15H,1-6,9,12-14H2,(H,20,21)(H,22,23). The first kappa shape index (κ1) is 18.3. The Bertz CT molecular complexity index is 521. The molecule has 2 rings (SSSR count). The SMILES string of the molecule is O=C(O)CCCOc1ccc(CNC(=O)CCC2CCCC2)cc1. The lowest BCUT2D eigenvalue weighted by Crippen LogP contribution is -2.22. The van der Waals surface area contributed by atoms with Crippen molar-refractivity contribution in [2.75, 3.05) is 6.61 Å². The molecule has 132 valence electrons. The van der Waals surface area contributed by atoms with Gasteiger partial charge in [0.25, 0.3) is 0 Å². The summed E-state index contributed by atoms with van der Waals surface area (Å²) in [5.41, 5.74) is 1.03. The largest absolute Gasteiger partial charge is 0.494 e. The normalized spacial score (nSPS) is 14.5. The maximum Gasteiger partial charge on any atom is 0.303 e. The highest BCUT2D eigenvalue weighted by atomic mass is 16.5. The average Bonchev–Trinajstić information content (AvgIpc) is 3.09. The van der Waals surface area contributed by atoms with E-state index >= 15 is 0 Å². The molecule has 5 heteroatoms. The number of aliphatic carboxylic acids is 1. The van der Waals surface area contributed by atoms with Gasteiger partial charge in [-0.05, 0) is 36.5 Å². The molecule has 0 aliphatic heterocycles. The highest BCUT2D eigenvalue weighted by Crippen LogP contribution is 2.28. The summed E-state index contributed by atoms with van der Waals surface area (Å²) < 4.78 is 5.48. The Kier molecular flexibility index (Phi) is 7.59. The van der Waals surface area contributed by atoms with Crippen molar-refractivity contribution in [1.82, 2.24) is 5.32 Å². The number of hydrogen-bond donors (Lipinski definition) is 2. The van der Waals surface area contributed by atoms with Crippen LogP contribution in [0.4, 0.5) is 0 Å². The van der Waals surface area contributed by atoms with Crippen molar-refractivity contribution in [1.29, 1.82) is 0 Å². The van der Waals surface area contributed by atoms with Gasteiger partial charge in [-0.15, -0.1) is 0 Å². The zero-order chi connectivity index (χ0) is 17.2.